The molecule has 1 aliphatic carbocycles. The van der Waals surface area contributed by atoms with E-state index < -0.39 is 26.6 Å². The molecule has 0 spiro atoms. The third-order valence-corrected chi connectivity index (χ3v) is 11.5. The first-order chi connectivity index (χ1) is 15.2. The second-order valence-electron chi connectivity index (χ2n) is 9.19. The quantitative estimate of drug-likeness (QED) is 0.540. The summed E-state index contributed by atoms with van der Waals surface area (Å²) in [6.07, 6.45) is -1.35. The van der Waals surface area contributed by atoms with Crippen LogP contribution in [0.25, 0.3) is 0 Å². The smallest absolute Gasteiger partial charge is 0.404 e. The highest BCUT2D eigenvalue weighted by molar-refractivity contribution is 6.99. The number of hydrogen-bond donors (Lipinski definition) is 1. The molecule has 3 aromatic rings. The molecule has 6 heteroatoms. The Labute approximate surface area is 195 Å². The Morgan fingerprint density at radius 1 is 0.938 bits per heavy atom. The molecule has 1 amide bonds. The van der Waals surface area contributed by atoms with Crippen LogP contribution in [0.15, 0.2) is 78.9 Å². The predicted octanol–water partition coefficient (Wildman–Crippen LogP) is 4.98. The average molecular weight is 466 g/mol. The predicted molar refractivity (Wildman–Crippen MR) is 131 cm³/mol. The number of rotatable bonds is 5. The number of hydrogen-bond acceptors (Lipinski definition) is 3. The van der Waals surface area contributed by atoms with Crippen molar-refractivity contribution in [2.24, 2.45) is 5.73 Å². The lowest BCUT2D eigenvalue weighted by atomic mass is 10.1. The van der Waals surface area contributed by atoms with E-state index in [4.69, 9.17) is 26.5 Å². The van der Waals surface area contributed by atoms with Gasteiger partial charge in [0.1, 0.15) is 12.2 Å². The SMILES string of the molecule is CC(C)(C)[Si](OC1c2c(Cl)cccc2CC1OC(N)=O)(c1ccccc1)c1ccccc1. The standard InChI is InChI=1S/C26H28ClNO3Si/c1-26(2,3)32(19-12-6-4-7-13-19,20-14-8-5-9-15-20)31-24-22(30-25(28)29)17-18-11-10-16-21(27)23(18)24/h4-16,22,24H,17H2,1-3H3,(H2,28,29). The van der Waals surface area contributed by atoms with Crippen molar-refractivity contribution in [2.75, 3.05) is 0 Å². The first-order valence-electron chi connectivity index (χ1n) is 10.8. The minimum atomic E-state index is -2.89. The van der Waals surface area contributed by atoms with Gasteiger partial charge in [-0.25, -0.2) is 4.79 Å². The van der Waals surface area contributed by atoms with Gasteiger partial charge in [-0.1, -0.05) is 105 Å². The third-order valence-electron chi connectivity index (χ3n) is 6.17. The van der Waals surface area contributed by atoms with Crippen LogP contribution in [-0.2, 0) is 15.6 Å². The first-order valence-corrected chi connectivity index (χ1v) is 13.0. The van der Waals surface area contributed by atoms with Crippen LogP contribution in [0.2, 0.25) is 10.1 Å². The fourth-order valence-electron chi connectivity index (χ4n) is 4.86. The first kappa shape index (κ1) is 22.6. The second-order valence-corrected chi connectivity index (χ2v) is 13.9. The summed E-state index contributed by atoms with van der Waals surface area (Å²) in [7, 11) is -2.89. The molecule has 32 heavy (non-hydrogen) atoms. The molecule has 0 bridgehead atoms. The van der Waals surface area contributed by atoms with Gasteiger partial charge in [0.25, 0.3) is 8.32 Å². The number of primary amides is 1. The van der Waals surface area contributed by atoms with Gasteiger partial charge in [0.15, 0.2) is 0 Å². The summed E-state index contributed by atoms with van der Waals surface area (Å²) in [6, 6.07) is 26.5. The molecule has 2 N–H and O–H groups in total. The molecule has 4 nitrogen and oxygen atoms in total. The molecule has 3 aromatic carbocycles. The van der Waals surface area contributed by atoms with E-state index in [-0.39, 0.29) is 5.04 Å². The van der Waals surface area contributed by atoms with E-state index in [2.05, 4.69) is 45.0 Å². The molecule has 1 aliphatic rings. The number of carbonyl (C=O) groups is 1. The lowest BCUT2D eigenvalue weighted by molar-refractivity contribution is 0.0256. The lowest BCUT2D eigenvalue weighted by Gasteiger charge is -2.45. The summed E-state index contributed by atoms with van der Waals surface area (Å²) < 4.78 is 12.8. The van der Waals surface area contributed by atoms with E-state index in [0.29, 0.717) is 11.4 Å². The largest absolute Gasteiger partial charge is 0.443 e. The minimum Gasteiger partial charge on any atom is -0.443 e. The van der Waals surface area contributed by atoms with Crippen molar-refractivity contribution in [3.8, 4) is 0 Å². The number of carbonyl (C=O) groups excluding carboxylic acids is 1. The summed E-state index contributed by atoms with van der Waals surface area (Å²) >= 11 is 6.67. The van der Waals surface area contributed by atoms with E-state index in [1.807, 2.05) is 54.6 Å². The van der Waals surface area contributed by atoms with Crippen molar-refractivity contribution >= 4 is 36.4 Å². The molecule has 0 saturated heterocycles. The van der Waals surface area contributed by atoms with Gasteiger partial charge in [-0.15, -0.1) is 0 Å². The van der Waals surface area contributed by atoms with E-state index in [1.165, 1.54) is 0 Å². The highest BCUT2D eigenvalue weighted by Gasteiger charge is 2.54. The zero-order chi connectivity index (χ0) is 22.9. The van der Waals surface area contributed by atoms with Crippen LogP contribution >= 0.6 is 11.6 Å². The number of amides is 1. The normalized spacial score (nSPS) is 18.2. The van der Waals surface area contributed by atoms with E-state index in [1.54, 1.807) is 0 Å². The maximum absolute atomic E-state index is 11.8. The summed E-state index contributed by atoms with van der Waals surface area (Å²) in [5.41, 5.74) is 7.34. The van der Waals surface area contributed by atoms with Crippen LogP contribution in [0.5, 0.6) is 0 Å². The molecule has 2 unspecified atom stereocenters. The van der Waals surface area contributed by atoms with Crippen LogP contribution in [0, 0.1) is 0 Å². The number of ether oxygens (including phenoxy) is 1. The van der Waals surface area contributed by atoms with Crippen molar-refractivity contribution in [2.45, 2.75) is 44.4 Å². The van der Waals surface area contributed by atoms with Gasteiger partial charge in [-0.05, 0) is 27.0 Å². The topological polar surface area (TPSA) is 61.6 Å². The number of benzene rings is 3. The zero-order valence-corrected chi connectivity index (χ0v) is 20.3. The fourth-order valence-corrected chi connectivity index (χ4v) is 9.82. The van der Waals surface area contributed by atoms with E-state index in [9.17, 15) is 4.79 Å². The van der Waals surface area contributed by atoms with Gasteiger partial charge in [0.2, 0.25) is 0 Å². The molecule has 0 aliphatic heterocycles. The van der Waals surface area contributed by atoms with Gasteiger partial charge >= 0.3 is 6.09 Å². The second kappa shape index (κ2) is 8.74. The molecule has 166 valence electrons. The molecular formula is C26H28ClNO3Si. The van der Waals surface area contributed by atoms with Gasteiger partial charge < -0.3 is 14.9 Å². The van der Waals surface area contributed by atoms with Crippen LogP contribution < -0.4 is 16.1 Å². The van der Waals surface area contributed by atoms with Crippen LogP contribution in [0.4, 0.5) is 4.79 Å². The molecule has 0 heterocycles. The Hall–Kier alpha value is -2.60. The average Bonchev–Trinajstić information content (AvgIpc) is 3.09. The van der Waals surface area contributed by atoms with Crippen molar-refractivity contribution in [1.82, 2.24) is 0 Å². The van der Waals surface area contributed by atoms with Crippen molar-refractivity contribution in [3.63, 3.8) is 0 Å². The van der Waals surface area contributed by atoms with Crippen LogP contribution in [0.1, 0.15) is 38.0 Å². The lowest BCUT2D eigenvalue weighted by Crippen LogP contribution is -2.67. The Bertz CT molecular complexity index is 1060. The Balaban J connectivity index is 1.94. The summed E-state index contributed by atoms with van der Waals surface area (Å²) in [4.78, 5) is 11.8. The van der Waals surface area contributed by atoms with Crippen molar-refractivity contribution in [3.05, 3.63) is 95.0 Å². The van der Waals surface area contributed by atoms with Crippen LogP contribution in [-0.4, -0.2) is 20.5 Å². The fraction of sp³-hybridized carbons (Fsp3) is 0.269. The maximum atomic E-state index is 11.8. The van der Waals surface area contributed by atoms with Gasteiger partial charge in [0, 0.05) is 17.0 Å². The summed E-state index contributed by atoms with van der Waals surface area (Å²) in [5, 5.41) is 2.69. The molecule has 0 saturated carbocycles. The molecular weight excluding hydrogens is 438 g/mol. The van der Waals surface area contributed by atoms with Gasteiger partial charge in [-0.3, -0.25) is 0 Å². The van der Waals surface area contributed by atoms with Gasteiger partial charge in [0.05, 0.1) is 0 Å². The number of nitrogens with two attached hydrogens (primary N) is 1. The number of halogens is 1. The number of fused-ring (bicyclic) bond motifs is 1. The maximum Gasteiger partial charge on any atom is 0.404 e. The van der Waals surface area contributed by atoms with E-state index >= 15 is 0 Å². The highest BCUT2D eigenvalue weighted by atomic mass is 35.5. The van der Waals surface area contributed by atoms with Crippen molar-refractivity contribution in [1.29, 1.82) is 0 Å². The Morgan fingerprint density at radius 3 is 2.00 bits per heavy atom. The van der Waals surface area contributed by atoms with Crippen molar-refractivity contribution < 1.29 is 14.0 Å². The molecule has 0 aromatic heterocycles. The molecule has 4 rings (SSSR count). The van der Waals surface area contributed by atoms with Gasteiger partial charge in [-0.2, -0.15) is 0 Å². The van der Waals surface area contributed by atoms with Crippen LogP contribution in [0.3, 0.4) is 0 Å². The monoisotopic (exact) mass is 465 g/mol. The summed E-state index contributed by atoms with van der Waals surface area (Å²) in [6.45, 7) is 6.64. The highest BCUT2D eigenvalue weighted by Crippen LogP contribution is 2.46. The minimum absolute atomic E-state index is 0.225. The molecule has 2 atom stereocenters. The summed E-state index contributed by atoms with van der Waals surface area (Å²) in [5.74, 6) is 0. The molecule has 0 fully saturated rings. The molecule has 0 radical (unpaired) electrons. The third kappa shape index (κ3) is 3.96. The zero-order valence-electron chi connectivity index (χ0n) is 18.5. The Morgan fingerprint density at radius 2 is 1.50 bits per heavy atom. The van der Waals surface area contributed by atoms with E-state index in [0.717, 1.165) is 21.5 Å². The Kier molecular flexibility index (Phi) is 6.17.